The third-order valence-electron chi connectivity index (χ3n) is 5.71. The molecule has 7 heteroatoms. The molecular weight excluding hydrogens is 368 g/mol. The van der Waals surface area contributed by atoms with Gasteiger partial charge >= 0.3 is 0 Å². The summed E-state index contributed by atoms with van der Waals surface area (Å²) in [4.78, 5) is 14.6. The molecule has 6 nitrogen and oxygen atoms in total. The van der Waals surface area contributed by atoms with Crippen molar-refractivity contribution in [2.24, 2.45) is 10.9 Å². The van der Waals surface area contributed by atoms with Crippen LogP contribution in [0.3, 0.4) is 0 Å². The Morgan fingerprint density at radius 1 is 1.21 bits per heavy atom. The third kappa shape index (κ3) is 6.92. The maximum absolute atomic E-state index is 4.81. The van der Waals surface area contributed by atoms with E-state index < -0.39 is 0 Å². The van der Waals surface area contributed by atoms with E-state index in [0.29, 0.717) is 0 Å². The summed E-state index contributed by atoms with van der Waals surface area (Å²) >= 11 is 1.78. The number of nitrogens with zero attached hydrogens (tertiary/aromatic N) is 4. The van der Waals surface area contributed by atoms with Crippen molar-refractivity contribution in [3.63, 3.8) is 0 Å². The lowest BCUT2D eigenvalue weighted by atomic mass is 9.99. The number of aliphatic imine (C=N–C) groups is 1. The zero-order valence-electron chi connectivity index (χ0n) is 17.8. The molecule has 0 aromatic carbocycles. The van der Waals surface area contributed by atoms with Gasteiger partial charge in [0.2, 0.25) is 0 Å². The molecule has 0 spiro atoms. The van der Waals surface area contributed by atoms with Crippen molar-refractivity contribution in [1.82, 2.24) is 20.5 Å². The van der Waals surface area contributed by atoms with Gasteiger partial charge in [0.15, 0.2) is 11.1 Å². The predicted octanol–water partition coefficient (Wildman–Crippen LogP) is 2.96. The van der Waals surface area contributed by atoms with E-state index in [0.717, 1.165) is 44.4 Å². The lowest BCUT2D eigenvalue weighted by Gasteiger charge is -2.29. The number of likely N-dealkylation sites (tertiary alicyclic amines) is 1. The Hall–Kier alpha value is -1.34. The fraction of sp³-hybridized carbons (Fsp3) is 0.810. The van der Waals surface area contributed by atoms with Crippen LogP contribution < -0.4 is 15.5 Å². The standard InChI is InChI=1S/C21H38N6S/c1-3-22-20(23-10-6-12-26-15-8-18(2)9-16-26)24-11-7-19-17-28-21(25-19)27-13-4-5-14-27/h17-18H,3-16H2,1-2H3,(H2,22,23,24). The van der Waals surface area contributed by atoms with Crippen molar-refractivity contribution in [1.29, 1.82) is 0 Å². The normalized spacial score (nSPS) is 19.4. The molecule has 0 saturated carbocycles. The number of anilines is 1. The molecule has 0 atom stereocenters. The summed E-state index contributed by atoms with van der Waals surface area (Å²) in [6.45, 7) is 13.2. The van der Waals surface area contributed by atoms with Crippen LogP contribution in [0.1, 0.15) is 51.6 Å². The van der Waals surface area contributed by atoms with Gasteiger partial charge in [0.1, 0.15) is 0 Å². The molecule has 0 unspecified atom stereocenters. The summed E-state index contributed by atoms with van der Waals surface area (Å²) in [7, 11) is 0. The summed E-state index contributed by atoms with van der Waals surface area (Å²) < 4.78 is 0. The second-order valence-electron chi connectivity index (χ2n) is 8.13. The zero-order valence-corrected chi connectivity index (χ0v) is 18.6. The number of nitrogens with one attached hydrogen (secondary N) is 2. The molecule has 0 amide bonds. The molecular formula is C21H38N6S. The summed E-state index contributed by atoms with van der Waals surface area (Å²) in [6.07, 6.45) is 7.38. The van der Waals surface area contributed by atoms with E-state index in [9.17, 15) is 0 Å². The van der Waals surface area contributed by atoms with E-state index in [1.54, 1.807) is 11.3 Å². The highest BCUT2D eigenvalue weighted by Crippen LogP contribution is 2.24. The molecule has 2 aliphatic heterocycles. The topological polar surface area (TPSA) is 55.8 Å². The number of hydrogen-bond acceptors (Lipinski definition) is 5. The number of aromatic nitrogens is 1. The van der Waals surface area contributed by atoms with Crippen LogP contribution in [0.15, 0.2) is 10.4 Å². The fourth-order valence-corrected chi connectivity index (χ4v) is 4.80. The molecule has 3 rings (SSSR count). The maximum atomic E-state index is 4.81. The quantitative estimate of drug-likeness (QED) is 0.375. The Bertz CT molecular complexity index is 587. The van der Waals surface area contributed by atoms with E-state index >= 15 is 0 Å². The van der Waals surface area contributed by atoms with Crippen LogP contribution in [0.5, 0.6) is 0 Å². The van der Waals surface area contributed by atoms with Gasteiger partial charge in [-0.2, -0.15) is 0 Å². The molecule has 3 heterocycles. The van der Waals surface area contributed by atoms with Gasteiger partial charge in [0.25, 0.3) is 0 Å². The van der Waals surface area contributed by atoms with E-state index in [4.69, 9.17) is 9.98 Å². The van der Waals surface area contributed by atoms with Gasteiger partial charge in [0, 0.05) is 44.5 Å². The van der Waals surface area contributed by atoms with Gasteiger partial charge < -0.3 is 20.4 Å². The first-order chi connectivity index (χ1) is 13.7. The smallest absolute Gasteiger partial charge is 0.191 e. The van der Waals surface area contributed by atoms with Crippen LogP contribution in [-0.4, -0.2) is 68.2 Å². The third-order valence-corrected chi connectivity index (χ3v) is 6.66. The summed E-state index contributed by atoms with van der Waals surface area (Å²) in [5.41, 5.74) is 1.19. The highest BCUT2D eigenvalue weighted by atomic mass is 32.1. The van der Waals surface area contributed by atoms with Gasteiger partial charge in [0.05, 0.1) is 5.69 Å². The summed E-state index contributed by atoms with van der Waals surface area (Å²) in [5.74, 6) is 1.84. The average molecular weight is 407 g/mol. The van der Waals surface area contributed by atoms with Crippen molar-refractivity contribution in [3.8, 4) is 0 Å². The number of hydrogen-bond donors (Lipinski definition) is 2. The second kappa shape index (κ2) is 11.6. The Balaban J connectivity index is 1.34. The predicted molar refractivity (Wildman–Crippen MR) is 121 cm³/mol. The summed E-state index contributed by atoms with van der Waals surface area (Å²) in [6, 6.07) is 0. The molecule has 0 bridgehead atoms. The highest BCUT2D eigenvalue weighted by molar-refractivity contribution is 7.13. The Labute approximate surface area is 174 Å². The van der Waals surface area contributed by atoms with Crippen LogP contribution >= 0.6 is 11.3 Å². The van der Waals surface area contributed by atoms with E-state index in [1.807, 2.05) is 0 Å². The molecule has 2 aliphatic rings. The zero-order chi connectivity index (χ0) is 19.6. The van der Waals surface area contributed by atoms with Crippen LogP contribution in [0.4, 0.5) is 5.13 Å². The van der Waals surface area contributed by atoms with Gasteiger partial charge in [-0.15, -0.1) is 11.3 Å². The maximum Gasteiger partial charge on any atom is 0.191 e. The highest BCUT2D eigenvalue weighted by Gasteiger charge is 2.16. The molecule has 2 N–H and O–H groups in total. The SMILES string of the molecule is CCNC(=NCCCN1CCC(C)CC1)NCCc1csc(N2CCCC2)n1. The molecule has 2 fully saturated rings. The first kappa shape index (κ1) is 21.4. The van der Waals surface area contributed by atoms with Crippen LogP contribution in [-0.2, 0) is 6.42 Å². The van der Waals surface area contributed by atoms with Crippen LogP contribution in [0, 0.1) is 5.92 Å². The molecule has 158 valence electrons. The Morgan fingerprint density at radius 2 is 2.00 bits per heavy atom. The molecule has 0 radical (unpaired) electrons. The van der Waals surface area contributed by atoms with Crippen molar-refractivity contribution < 1.29 is 0 Å². The number of guanidine groups is 1. The van der Waals surface area contributed by atoms with Crippen molar-refractivity contribution in [2.75, 3.05) is 57.3 Å². The summed E-state index contributed by atoms with van der Waals surface area (Å²) in [5, 5.41) is 10.2. The van der Waals surface area contributed by atoms with Crippen LogP contribution in [0.2, 0.25) is 0 Å². The van der Waals surface area contributed by atoms with Crippen LogP contribution in [0.25, 0.3) is 0 Å². The van der Waals surface area contributed by atoms with Gasteiger partial charge in [-0.3, -0.25) is 4.99 Å². The monoisotopic (exact) mass is 406 g/mol. The lowest BCUT2D eigenvalue weighted by Crippen LogP contribution is -2.38. The van der Waals surface area contributed by atoms with Gasteiger partial charge in [-0.25, -0.2) is 4.98 Å². The second-order valence-corrected chi connectivity index (χ2v) is 8.97. The molecule has 2 saturated heterocycles. The fourth-order valence-electron chi connectivity index (χ4n) is 3.89. The minimum absolute atomic E-state index is 0.874. The van der Waals surface area contributed by atoms with Gasteiger partial charge in [-0.05, 0) is 64.6 Å². The largest absolute Gasteiger partial charge is 0.357 e. The first-order valence-corrected chi connectivity index (χ1v) is 12.1. The lowest BCUT2D eigenvalue weighted by molar-refractivity contribution is 0.192. The molecule has 1 aromatic rings. The number of piperidine rings is 1. The molecule has 28 heavy (non-hydrogen) atoms. The van der Waals surface area contributed by atoms with Crippen molar-refractivity contribution >= 4 is 22.4 Å². The van der Waals surface area contributed by atoms with E-state index in [1.165, 1.54) is 69.2 Å². The minimum Gasteiger partial charge on any atom is -0.357 e. The molecule has 0 aliphatic carbocycles. The van der Waals surface area contributed by atoms with E-state index in [-0.39, 0.29) is 0 Å². The average Bonchev–Trinajstić information content (AvgIpc) is 3.38. The Kier molecular flexibility index (Phi) is 8.86. The first-order valence-electron chi connectivity index (χ1n) is 11.2. The van der Waals surface area contributed by atoms with Crippen molar-refractivity contribution in [3.05, 3.63) is 11.1 Å². The van der Waals surface area contributed by atoms with Gasteiger partial charge in [-0.1, -0.05) is 6.92 Å². The van der Waals surface area contributed by atoms with Crippen molar-refractivity contribution in [2.45, 2.75) is 52.4 Å². The number of rotatable bonds is 9. The van der Waals surface area contributed by atoms with E-state index in [2.05, 4.69) is 39.7 Å². The Morgan fingerprint density at radius 3 is 2.75 bits per heavy atom. The number of thiazole rings is 1. The minimum atomic E-state index is 0.874. The molecule has 1 aromatic heterocycles.